The Morgan fingerprint density at radius 1 is 1.29 bits per heavy atom. The molecule has 1 fully saturated rings. The number of Topliss-reactive ketones (excluding diaryl/α,β-unsaturated/α-hetero) is 1. The lowest BCUT2D eigenvalue weighted by Gasteiger charge is -2.17. The van der Waals surface area contributed by atoms with Crippen molar-refractivity contribution in [1.82, 2.24) is 0 Å². The summed E-state index contributed by atoms with van der Waals surface area (Å²) < 4.78 is 0. The average Bonchev–Trinajstić information content (AvgIpc) is 2.61. The number of hydrogen-bond acceptors (Lipinski definition) is 2. The third kappa shape index (κ3) is 4.88. The summed E-state index contributed by atoms with van der Waals surface area (Å²) in [5.41, 5.74) is 0. The van der Waals surface area contributed by atoms with Crippen molar-refractivity contribution in [3.05, 3.63) is 0 Å². The quantitative estimate of drug-likeness (QED) is 0.661. The Morgan fingerprint density at radius 3 is 2.71 bits per heavy atom. The van der Waals surface area contributed by atoms with Gasteiger partial charge < -0.3 is 5.11 Å². The average molecular weight is 240 g/mol. The lowest BCUT2D eigenvalue weighted by atomic mass is 9.86. The van der Waals surface area contributed by atoms with Gasteiger partial charge in [-0.2, -0.15) is 0 Å². The zero-order valence-electron chi connectivity index (χ0n) is 10.8. The van der Waals surface area contributed by atoms with E-state index in [-0.39, 0.29) is 12.3 Å². The smallest absolute Gasteiger partial charge is 0.303 e. The molecule has 1 rings (SSSR count). The molecule has 1 aliphatic carbocycles. The lowest BCUT2D eigenvalue weighted by molar-refractivity contribution is -0.137. The molecule has 0 aromatic heterocycles. The summed E-state index contributed by atoms with van der Waals surface area (Å²) in [5.74, 6) is 0.382. The minimum Gasteiger partial charge on any atom is -0.481 e. The van der Waals surface area contributed by atoms with Gasteiger partial charge in [0.1, 0.15) is 5.78 Å². The summed E-state index contributed by atoms with van der Waals surface area (Å²) in [7, 11) is 0. The molecule has 1 saturated carbocycles. The van der Waals surface area contributed by atoms with Crippen molar-refractivity contribution in [2.75, 3.05) is 0 Å². The van der Waals surface area contributed by atoms with Gasteiger partial charge in [-0.25, -0.2) is 0 Å². The third-order valence-electron chi connectivity index (χ3n) is 3.83. The van der Waals surface area contributed by atoms with E-state index < -0.39 is 5.97 Å². The highest BCUT2D eigenvalue weighted by molar-refractivity contribution is 5.83. The molecule has 0 saturated heterocycles. The Labute approximate surface area is 104 Å². The number of unbranched alkanes of at least 4 members (excludes halogenated alkanes) is 2. The van der Waals surface area contributed by atoms with Crippen LogP contribution in [-0.2, 0) is 9.59 Å². The maximum Gasteiger partial charge on any atom is 0.303 e. The number of aliphatic carboxylic acids is 1. The number of carbonyl (C=O) groups excluding carboxylic acids is 1. The van der Waals surface area contributed by atoms with Gasteiger partial charge in [0.05, 0.1) is 0 Å². The van der Waals surface area contributed by atoms with Crippen molar-refractivity contribution in [3.63, 3.8) is 0 Å². The van der Waals surface area contributed by atoms with E-state index in [0.717, 1.165) is 32.1 Å². The van der Waals surface area contributed by atoms with Gasteiger partial charge in [-0.3, -0.25) is 9.59 Å². The highest BCUT2D eigenvalue weighted by Gasteiger charge is 2.33. The van der Waals surface area contributed by atoms with Crippen LogP contribution in [-0.4, -0.2) is 16.9 Å². The number of hydrogen-bond donors (Lipinski definition) is 1. The first-order chi connectivity index (χ1) is 8.15. The normalized spacial score (nSPS) is 24.2. The lowest BCUT2D eigenvalue weighted by Crippen LogP contribution is -2.15. The molecule has 0 unspecified atom stereocenters. The molecule has 17 heavy (non-hydrogen) atoms. The molecule has 0 heterocycles. The van der Waals surface area contributed by atoms with E-state index in [1.165, 1.54) is 12.8 Å². The van der Waals surface area contributed by atoms with Crippen molar-refractivity contribution < 1.29 is 14.7 Å². The summed E-state index contributed by atoms with van der Waals surface area (Å²) in [6.07, 6.45) is 8.12. The van der Waals surface area contributed by atoms with Crippen LogP contribution in [0.1, 0.15) is 64.7 Å². The fourth-order valence-corrected chi connectivity index (χ4v) is 2.85. The van der Waals surface area contributed by atoms with Crippen LogP contribution in [0.3, 0.4) is 0 Å². The maximum atomic E-state index is 11.8. The summed E-state index contributed by atoms with van der Waals surface area (Å²) in [4.78, 5) is 22.2. The van der Waals surface area contributed by atoms with Crippen molar-refractivity contribution in [2.45, 2.75) is 64.7 Å². The molecule has 2 atom stereocenters. The van der Waals surface area contributed by atoms with Gasteiger partial charge in [0.2, 0.25) is 0 Å². The maximum absolute atomic E-state index is 11.8. The molecule has 98 valence electrons. The van der Waals surface area contributed by atoms with E-state index in [1.54, 1.807) is 0 Å². The van der Waals surface area contributed by atoms with Crippen molar-refractivity contribution in [1.29, 1.82) is 0 Å². The molecule has 0 aliphatic heterocycles. The van der Waals surface area contributed by atoms with E-state index >= 15 is 0 Å². The Morgan fingerprint density at radius 2 is 2.06 bits per heavy atom. The number of carboxylic acids is 1. The summed E-state index contributed by atoms with van der Waals surface area (Å²) in [5, 5.41) is 8.61. The van der Waals surface area contributed by atoms with Crippen molar-refractivity contribution in [3.8, 4) is 0 Å². The van der Waals surface area contributed by atoms with E-state index in [0.29, 0.717) is 18.1 Å². The molecule has 0 aromatic carbocycles. The molecular formula is C14H24O3. The Bertz CT molecular complexity index is 260. The monoisotopic (exact) mass is 240 g/mol. The van der Waals surface area contributed by atoms with Crippen LogP contribution in [0, 0.1) is 11.8 Å². The molecular weight excluding hydrogens is 216 g/mol. The van der Waals surface area contributed by atoms with Crippen LogP contribution in [0.2, 0.25) is 0 Å². The molecule has 3 nitrogen and oxygen atoms in total. The largest absolute Gasteiger partial charge is 0.481 e. The molecule has 0 bridgehead atoms. The topological polar surface area (TPSA) is 54.4 Å². The SMILES string of the molecule is CCCCC[C@H]1C(=O)CC[C@H]1CCCC(=O)O. The molecule has 0 radical (unpaired) electrons. The first-order valence-electron chi connectivity index (χ1n) is 6.89. The molecule has 1 N–H and O–H groups in total. The van der Waals surface area contributed by atoms with Gasteiger partial charge in [-0.1, -0.05) is 26.2 Å². The molecule has 0 spiro atoms. The second-order valence-electron chi connectivity index (χ2n) is 5.15. The second kappa shape index (κ2) is 7.46. The van der Waals surface area contributed by atoms with Gasteiger partial charge in [0, 0.05) is 18.8 Å². The highest BCUT2D eigenvalue weighted by atomic mass is 16.4. The van der Waals surface area contributed by atoms with Crippen LogP contribution < -0.4 is 0 Å². The predicted octanol–water partition coefficient (Wildman–Crippen LogP) is 3.42. The fraction of sp³-hybridized carbons (Fsp3) is 0.857. The number of carboxylic acid groups (broad SMARTS) is 1. The van der Waals surface area contributed by atoms with Gasteiger partial charge >= 0.3 is 5.97 Å². The summed E-state index contributed by atoms with van der Waals surface area (Å²) in [6, 6.07) is 0. The van der Waals surface area contributed by atoms with E-state index in [2.05, 4.69) is 6.92 Å². The van der Waals surface area contributed by atoms with Crippen LogP contribution in [0.5, 0.6) is 0 Å². The van der Waals surface area contributed by atoms with Crippen molar-refractivity contribution in [2.24, 2.45) is 11.8 Å². The standard InChI is InChI=1S/C14H24O3/c1-2-3-4-7-12-11(9-10-13(12)15)6-5-8-14(16)17/h11-12H,2-10H2,1H3,(H,16,17)/t11-,12-/m1/s1. The fourth-order valence-electron chi connectivity index (χ4n) is 2.85. The Balaban J connectivity index is 2.30. The number of carbonyl (C=O) groups is 2. The van der Waals surface area contributed by atoms with Crippen molar-refractivity contribution >= 4 is 11.8 Å². The van der Waals surface area contributed by atoms with Gasteiger partial charge in [-0.15, -0.1) is 0 Å². The summed E-state index contributed by atoms with van der Waals surface area (Å²) in [6.45, 7) is 2.17. The van der Waals surface area contributed by atoms with Crippen LogP contribution in [0.4, 0.5) is 0 Å². The molecule has 1 aliphatic rings. The van der Waals surface area contributed by atoms with E-state index in [1.807, 2.05) is 0 Å². The van der Waals surface area contributed by atoms with Crippen LogP contribution >= 0.6 is 0 Å². The molecule has 0 amide bonds. The van der Waals surface area contributed by atoms with Crippen LogP contribution in [0.15, 0.2) is 0 Å². The first-order valence-corrected chi connectivity index (χ1v) is 6.89. The molecule has 0 aromatic rings. The first kappa shape index (κ1) is 14.2. The minimum absolute atomic E-state index is 0.232. The second-order valence-corrected chi connectivity index (χ2v) is 5.15. The van der Waals surface area contributed by atoms with E-state index in [4.69, 9.17) is 5.11 Å². The number of ketones is 1. The van der Waals surface area contributed by atoms with Gasteiger partial charge in [0.25, 0.3) is 0 Å². The zero-order chi connectivity index (χ0) is 12.7. The Hall–Kier alpha value is -0.860. The van der Waals surface area contributed by atoms with E-state index in [9.17, 15) is 9.59 Å². The Kier molecular flexibility index (Phi) is 6.23. The molecule has 3 heteroatoms. The summed E-state index contributed by atoms with van der Waals surface area (Å²) >= 11 is 0. The zero-order valence-corrected chi connectivity index (χ0v) is 10.8. The van der Waals surface area contributed by atoms with Gasteiger partial charge in [-0.05, 0) is 31.6 Å². The third-order valence-corrected chi connectivity index (χ3v) is 3.83. The number of rotatable bonds is 8. The van der Waals surface area contributed by atoms with Crippen LogP contribution in [0.25, 0.3) is 0 Å². The highest BCUT2D eigenvalue weighted by Crippen LogP contribution is 2.35. The predicted molar refractivity (Wildman–Crippen MR) is 66.8 cm³/mol. The minimum atomic E-state index is -0.725. The van der Waals surface area contributed by atoms with Gasteiger partial charge in [0.15, 0.2) is 0 Å².